The van der Waals surface area contributed by atoms with Crippen molar-refractivity contribution in [3.05, 3.63) is 96.4 Å². The van der Waals surface area contributed by atoms with Crippen LogP contribution in [0.3, 0.4) is 0 Å². The summed E-state index contributed by atoms with van der Waals surface area (Å²) >= 11 is 0. The maximum Gasteiger partial charge on any atom is 0.357 e. The molecular formula is C26H29N4O3P. The molecule has 4 rings (SSSR count). The molecule has 0 saturated carbocycles. The average molecular weight is 477 g/mol. The molecule has 4 aromatic rings. The molecule has 0 radical (unpaired) electrons. The van der Waals surface area contributed by atoms with Gasteiger partial charge in [-0.3, -0.25) is 9.55 Å². The van der Waals surface area contributed by atoms with Crippen LogP contribution in [-0.4, -0.2) is 28.0 Å². The lowest BCUT2D eigenvalue weighted by molar-refractivity contribution is 0.214. The van der Waals surface area contributed by atoms with E-state index in [1.807, 2.05) is 93.7 Å². The molecule has 176 valence electrons. The van der Waals surface area contributed by atoms with Crippen molar-refractivity contribution in [1.82, 2.24) is 14.8 Å². The molecule has 0 bridgehead atoms. The fraction of sp³-hybridized carbons (Fsp3) is 0.231. The van der Waals surface area contributed by atoms with Crippen molar-refractivity contribution < 1.29 is 13.6 Å². The number of anilines is 1. The van der Waals surface area contributed by atoms with Gasteiger partial charge in [0.1, 0.15) is 0 Å². The SMILES string of the molecule is CCOP(=O)(OCC)C(Nc1ccccc1C)c1cn(-c2ccccc2)nc1-c1ccncc1. The number of benzene rings is 2. The summed E-state index contributed by atoms with van der Waals surface area (Å²) < 4.78 is 27.6. The lowest BCUT2D eigenvalue weighted by Gasteiger charge is -2.28. The van der Waals surface area contributed by atoms with Gasteiger partial charge in [0, 0.05) is 35.4 Å². The Hall–Kier alpha value is -3.25. The summed E-state index contributed by atoms with van der Waals surface area (Å²) in [6.07, 6.45) is 5.33. The van der Waals surface area contributed by atoms with Crippen molar-refractivity contribution >= 4 is 13.3 Å². The summed E-state index contributed by atoms with van der Waals surface area (Å²) in [6, 6.07) is 21.5. The third-order valence-corrected chi connectivity index (χ3v) is 7.66. The van der Waals surface area contributed by atoms with Crippen LogP contribution in [-0.2, 0) is 13.6 Å². The molecular weight excluding hydrogens is 447 g/mol. The van der Waals surface area contributed by atoms with Gasteiger partial charge in [0.05, 0.1) is 24.6 Å². The van der Waals surface area contributed by atoms with Crippen molar-refractivity contribution in [3.8, 4) is 16.9 Å². The topological polar surface area (TPSA) is 78.3 Å². The van der Waals surface area contributed by atoms with Gasteiger partial charge in [-0.05, 0) is 56.7 Å². The number of para-hydroxylation sites is 2. The highest BCUT2D eigenvalue weighted by Gasteiger charge is 2.40. The maximum atomic E-state index is 14.2. The first-order valence-electron chi connectivity index (χ1n) is 11.3. The highest BCUT2D eigenvalue weighted by atomic mass is 31.2. The molecule has 1 N–H and O–H groups in total. The van der Waals surface area contributed by atoms with E-state index in [-0.39, 0.29) is 13.2 Å². The average Bonchev–Trinajstić information content (AvgIpc) is 3.30. The quantitative estimate of drug-likeness (QED) is 0.259. The molecule has 2 heterocycles. The fourth-order valence-corrected chi connectivity index (χ4v) is 5.71. The van der Waals surface area contributed by atoms with Gasteiger partial charge in [0.2, 0.25) is 0 Å². The number of aryl methyl sites for hydroxylation is 1. The van der Waals surface area contributed by atoms with Gasteiger partial charge in [0.25, 0.3) is 0 Å². The Morgan fingerprint density at radius 2 is 1.59 bits per heavy atom. The molecule has 0 aliphatic heterocycles. The number of rotatable bonds is 10. The predicted molar refractivity (Wildman–Crippen MR) is 135 cm³/mol. The number of nitrogens with one attached hydrogen (secondary N) is 1. The number of nitrogens with zero attached hydrogens (tertiary/aromatic N) is 3. The molecule has 0 spiro atoms. The normalized spacial score (nSPS) is 12.4. The van der Waals surface area contributed by atoms with E-state index in [9.17, 15) is 4.57 Å². The molecule has 0 fully saturated rings. The van der Waals surface area contributed by atoms with E-state index in [0.29, 0.717) is 11.3 Å². The standard InChI is InChI=1S/C26H29N4O3P/c1-4-32-34(31,33-5-2)26(28-24-14-10-9-11-20(24)3)23-19-30(22-12-7-6-8-13-22)29-25(23)21-15-17-27-18-16-21/h6-19,26,28H,4-5H2,1-3H3. The van der Waals surface area contributed by atoms with E-state index in [0.717, 1.165) is 22.5 Å². The first-order chi connectivity index (χ1) is 16.6. The lowest BCUT2D eigenvalue weighted by atomic mass is 10.1. The molecule has 1 unspecified atom stereocenters. The molecule has 0 aliphatic rings. The van der Waals surface area contributed by atoms with Crippen LogP contribution in [0.15, 0.2) is 85.3 Å². The van der Waals surface area contributed by atoms with E-state index in [4.69, 9.17) is 14.1 Å². The Balaban J connectivity index is 1.93. The molecule has 34 heavy (non-hydrogen) atoms. The van der Waals surface area contributed by atoms with Crippen LogP contribution in [0, 0.1) is 6.92 Å². The lowest BCUT2D eigenvalue weighted by Crippen LogP contribution is -2.16. The minimum absolute atomic E-state index is 0.251. The van der Waals surface area contributed by atoms with Crippen LogP contribution in [0.2, 0.25) is 0 Å². The van der Waals surface area contributed by atoms with Crippen molar-refractivity contribution in [2.24, 2.45) is 0 Å². The van der Waals surface area contributed by atoms with Gasteiger partial charge in [-0.2, -0.15) is 5.10 Å². The largest absolute Gasteiger partial charge is 0.368 e. The Morgan fingerprint density at radius 1 is 0.941 bits per heavy atom. The second-order valence-electron chi connectivity index (χ2n) is 7.69. The van der Waals surface area contributed by atoms with Crippen LogP contribution < -0.4 is 5.32 Å². The Bertz CT molecular complexity index is 1250. The van der Waals surface area contributed by atoms with E-state index < -0.39 is 13.4 Å². The van der Waals surface area contributed by atoms with Crippen LogP contribution in [0.5, 0.6) is 0 Å². The third kappa shape index (κ3) is 5.12. The van der Waals surface area contributed by atoms with E-state index in [2.05, 4.69) is 10.3 Å². The van der Waals surface area contributed by atoms with E-state index >= 15 is 0 Å². The number of hydrogen-bond acceptors (Lipinski definition) is 6. The number of aromatic nitrogens is 3. The van der Waals surface area contributed by atoms with Crippen LogP contribution >= 0.6 is 7.60 Å². The van der Waals surface area contributed by atoms with Gasteiger partial charge >= 0.3 is 7.60 Å². The highest BCUT2D eigenvalue weighted by Crippen LogP contribution is 2.62. The zero-order chi connectivity index (χ0) is 24.0. The Labute approximate surface area is 200 Å². The monoisotopic (exact) mass is 476 g/mol. The minimum atomic E-state index is -3.64. The summed E-state index contributed by atoms with van der Waals surface area (Å²) in [5.74, 6) is -0.783. The van der Waals surface area contributed by atoms with Gasteiger partial charge < -0.3 is 14.4 Å². The molecule has 2 aromatic heterocycles. The van der Waals surface area contributed by atoms with E-state index in [1.165, 1.54) is 0 Å². The fourth-order valence-electron chi connectivity index (χ4n) is 3.79. The summed E-state index contributed by atoms with van der Waals surface area (Å²) in [5.41, 5.74) is 5.01. The maximum absolute atomic E-state index is 14.2. The first-order valence-corrected chi connectivity index (χ1v) is 12.9. The van der Waals surface area contributed by atoms with Crippen LogP contribution in [0.1, 0.15) is 30.8 Å². The first kappa shape index (κ1) is 23.9. The predicted octanol–water partition coefficient (Wildman–Crippen LogP) is 6.62. The summed E-state index contributed by atoms with van der Waals surface area (Å²) in [4.78, 5) is 4.14. The second-order valence-corrected chi connectivity index (χ2v) is 9.80. The van der Waals surface area contributed by atoms with E-state index in [1.54, 1.807) is 17.1 Å². The molecule has 7 nitrogen and oxygen atoms in total. The van der Waals surface area contributed by atoms with Crippen molar-refractivity contribution in [3.63, 3.8) is 0 Å². The third-order valence-electron chi connectivity index (χ3n) is 5.38. The van der Waals surface area contributed by atoms with Gasteiger partial charge in [-0.25, -0.2) is 4.68 Å². The van der Waals surface area contributed by atoms with Crippen LogP contribution in [0.25, 0.3) is 16.9 Å². The molecule has 2 aromatic carbocycles. The Morgan fingerprint density at radius 3 is 2.24 bits per heavy atom. The molecule has 0 aliphatic carbocycles. The smallest absolute Gasteiger partial charge is 0.357 e. The molecule has 8 heteroatoms. The summed E-state index contributed by atoms with van der Waals surface area (Å²) in [5, 5.41) is 8.35. The molecule has 0 amide bonds. The summed E-state index contributed by atoms with van der Waals surface area (Å²) in [7, 11) is -3.64. The summed E-state index contributed by atoms with van der Waals surface area (Å²) in [6.45, 7) is 6.13. The van der Waals surface area contributed by atoms with Gasteiger partial charge in [-0.15, -0.1) is 0 Å². The Kier molecular flexibility index (Phi) is 7.58. The van der Waals surface area contributed by atoms with Crippen molar-refractivity contribution in [2.75, 3.05) is 18.5 Å². The molecule has 1 atom stereocenters. The van der Waals surface area contributed by atoms with Crippen LogP contribution in [0.4, 0.5) is 5.69 Å². The molecule has 0 saturated heterocycles. The van der Waals surface area contributed by atoms with Crippen molar-refractivity contribution in [2.45, 2.75) is 26.6 Å². The van der Waals surface area contributed by atoms with Gasteiger partial charge in [0.15, 0.2) is 5.78 Å². The number of pyridine rings is 1. The zero-order valence-electron chi connectivity index (χ0n) is 19.6. The second kappa shape index (κ2) is 10.8. The zero-order valence-corrected chi connectivity index (χ0v) is 20.5. The highest BCUT2D eigenvalue weighted by molar-refractivity contribution is 7.54. The minimum Gasteiger partial charge on any atom is -0.368 e. The number of hydrogen-bond donors (Lipinski definition) is 1. The van der Waals surface area contributed by atoms with Gasteiger partial charge in [-0.1, -0.05) is 36.4 Å². The van der Waals surface area contributed by atoms with Crippen molar-refractivity contribution in [1.29, 1.82) is 0 Å².